The van der Waals surface area contributed by atoms with Crippen molar-refractivity contribution in [2.45, 2.75) is 25.4 Å². The first-order valence-electron chi connectivity index (χ1n) is 10.0. The SMILES string of the molecule is COc1cnc(C(F)(F)F)cc1-c1cnccc1C(=O)Nc1nnc(C#CC2CC23CC3)s1. The summed E-state index contributed by atoms with van der Waals surface area (Å²) in [7, 11) is 1.31. The highest BCUT2D eigenvalue weighted by Gasteiger charge is 2.62. The number of carbonyl (C=O) groups is 1. The molecule has 3 aromatic heterocycles. The number of amides is 1. The lowest BCUT2D eigenvalue weighted by Crippen LogP contribution is -2.14. The van der Waals surface area contributed by atoms with E-state index in [1.54, 1.807) is 0 Å². The zero-order chi connectivity index (χ0) is 23.2. The second-order valence-electron chi connectivity index (χ2n) is 7.94. The standard InChI is InChI=1S/C22H16F3N5O2S/c1-32-16-11-27-17(22(23,24)25)8-14(16)15-10-26-7-4-13(15)19(31)28-20-30-29-18(33-20)3-2-12-9-21(12)5-6-21/h4,7-8,10-12H,5-6,9H2,1H3,(H,28,30,31). The van der Waals surface area contributed by atoms with Gasteiger partial charge in [-0.25, -0.2) is 4.98 Å². The zero-order valence-corrected chi connectivity index (χ0v) is 18.0. The quantitative estimate of drug-likeness (QED) is 0.567. The van der Waals surface area contributed by atoms with Crippen LogP contribution >= 0.6 is 11.3 Å². The van der Waals surface area contributed by atoms with Gasteiger partial charge in [0.25, 0.3) is 5.91 Å². The van der Waals surface area contributed by atoms with E-state index in [1.165, 1.54) is 38.4 Å². The van der Waals surface area contributed by atoms with Gasteiger partial charge in [-0.3, -0.25) is 15.1 Å². The Bertz CT molecular complexity index is 1310. The summed E-state index contributed by atoms with van der Waals surface area (Å²) in [6.45, 7) is 0. The fraction of sp³-hybridized carbons (Fsp3) is 0.318. The van der Waals surface area contributed by atoms with E-state index in [2.05, 4.69) is 37.3 Å². The molecule has 1 unspecified atom stereocenters. The van der Waals surface area contributed by atoms with Crippen LogP contribution in [0.15, 0.2) is 30.7 Å². The number of aromatic nitrogens is 4. The third-order valence-corrected chi connectivity index (χ3v) is 6.57. The molecule has 0 aliphatic heterocycles. The summed E-state index contributed by atoms with van der Waals surface area (Å²) in [5.41, 5.74) is -0.344. The van der Waals surface area contributed by atoms with Crippen LogP contribution in [0.3, 0.4) is 0 Å². The van der Waals surface area contributed by atoms with E-state index in [4.69, 9.17) is 4.74 Å². The lowest BCUT2D eigenvalue weighted by Gasteiger charge is -2.14. The smallest absolute Gasteiger partial charge is 0.433 e. The fourth-order valence-electron chi connectivity index (χ4n) is 3.68. The van der Waals surface area contributed by atoms with Crippen LogP contribution in [0, 0.1) is 23.2 Å². The van der Waals surface area contributed by atoms with Crippen LogP contribution in [0.4, 0.5) is 18.3 Å². The van der Waals surface area contributed by atoms with Gasteiger partial charge in [-0.1, -0.05) is 17.3 Å². The van der Waals surface area contributed by atoms with Gasteiger partial charge in [0.05, 0.1) is 18.9 Å². The molecule has 1 atom stereocenters. The molecule has 168 valence electrons. The van der Waals surface area contributed by atoms with Crippen molar-refractivity contribution >= 4 is 22.4 Å². The maximum Gasteiger partial charge on any atom is 0.433 e. The van der Waals surface area contributed by atoms with Crippen molar-refractivity contribution in [2.24, 2.45) is 11.3 Å². The van der Waals surface area contributed by atoms with Crippen LogP contribution in [-0.2, 0) is 6.18 Å². The Balaban J connectivity index is 1.40. The van der Waals surface area contributed by atoms with Crippen LogP contribution in [0.2, 0.25) is 0 Å². The average molecular weight is 471 g/mol. The molecule has 2 saturated carbocycles. The average Bonchev–Trinajstić information content (AvgIpc) is 3.68. The number of nitrogens with zero attached hydrogens (tertiary/aromatic N) is 4. The number of methoxy groups -OCH3 is 1. The Morgan fingerprint density at radius 3 is 2.79 bits per heavy atom. The minimum atomic E-state index is -4.66. The van der Waals surface area contributed by atoms with Crippen LogP contribution in [0.5, 0.6) is 5.75 Å². The normalized spacial score (nSPS) is 17.8. The molecule has 0 saturated heterocycles. The molecule has 33 heavy (non-hydrogen) atoms. The molecule has 1 N–H and O–H groups in total. The first kappa shape index (κ1) is 21.3. The Hall–Kier alpha value is -3.52. The summed E-state index contributed by atoms with van der Waals surface area (Å²) in [5.74, 6) is 6.15. The van der Waals surface area contributed by atoms with E-state index >= 15 is 0 Å². The molecule has 0 aromatic carbocycles. The second kappa shape index (κ2) is 7.81. The van der Waals surface area contributed by atoms with Crippen LogP contribution < -0.4 is 10.1 Å². The van der Waals surface area contributed by atoms with Gasteiger partial charge in [0.2, 0.25) is 5.13 Å². The summed E-state index contributed by atoms with van der Waals surface area (Å²) in [4.78, 5) is 20.3. The van der Waals surface area contributed by atoms with E-state index in [0.717, 1.165) is 30.0 Å². The number of nitrogens with one attached hydrogen (secondary N) is 1. The number of hydrogen-bond acceptors (Lipinski definition) is 7. The van der Waals surface area contributed by atoms with Crippen molar-refractivity contribution in [3.63, 3.8) is 0 Å². The van der Waals surface area contributed by atoms with Crippen molar-refractivity contribution in [2.75, 3.05) is 12.4 Å². The molecule has 3 heterocycles. The molecule has 2 aliphatic rings. The van der Waals surface area contributed by atoms with E-state index in [9.17, 15) is 18.0 Å². The van der Waals surface area contributed by atoms with Gasteiger partial charge in [-0.05, 0) is 42.7 Å². The summed E-state index contributed by atoms with van der Waals surface area (Å²) in [6.07, 6.45) is 2.60. The topological polar surface area (TPSA) is 89.9 Å². The van der Waals surface area contributed by atoms with Gasteiger partial charge in [-0.15, -0.1) is 10.2 Å². The molecule has 1 amide bonds. The molecule has 5 rings (SSSR count). The van der Waals surface area contributed by atoms with Crippen molar-refractivity contribution in [1.82, 2.24) is 20.2 Å². The van der Waals surface area contributed by atoms with Gasteiger partial charge in [0.15, 0.2) is 5.01 Å². The Morgan fingerprint density at radius 1 is 1.27 bits per heavy atom. The third kappa shape index (κ3) is 4.26. The number of ether oxygens (including phenoxy) is 1. The van der Waals surface area contributed by atoms with Gasteiger partial charge in [0, 0.05) is 29.4 Å². The van der Waals surface area contributed by atoms with E-state index < -0.39 is 17.8 Å². The molecule has 3 aromatic rings. The predicted octanol–water partition coefficient (Wildman–Crippen LogP) is 4.43. The Labute approximate surface area is 190 Å². The lowest BCUT2D eigenvalue weighted by molar-refractivity contribution is -0.141. The van der Waals surface area contributed by atoms with Crippen LogP contribution in [0.25, 0.3) is 11.1 Å². The second-order valence-corrected chi connectivity index (χ2v) is 8.92. The number of rotatable bonds is 4. The van der Waals surface area contributed by atoms with Crippen molar-refractivity contribution in [3.05, 3.63) is 47.0 Å². The molecule has 2 aliphatic carbocycles. The number of pyridine rings is 2. The summed E-state index contributed by atoms with van der Waals surface area (Å²) in [5, 5.41) is 11.3. The van der Waals surface area contributed by atoms with E-state index in [-0.39, 0.29) is 27.6 Å². The first-order valence-corrected chi connectivity index (χ1v) is 10.8. The van der Waals surface area contributed by atoms with Gasteiger partial charge >= 0.3 is 6.18 Å². The predicted molar refractivity (Wildman–Crippen MR) is 114 cm³/mol. The molecule has 1 spiro atoms. The van der Waals surface area contributed by atoms with Gasteiger partial charge in [0.1, 0.15) is 11.4 Å². The monoisotopic (exact) mass is 471 g/mol. The number of alkyl halides is 3. The number of halogens is 3. The Kier molecular flexibility index (Phi) is 5.05. The molecule has 0 radical (unpaired) electrons. The maximum absolute atomic E-state index is 13.2. The Morgan fingerprint density at radius 2 is 2.09 bits per heavy atom. The van der Waals surface area contributed by atoms with Gasteiger partial charge < -0.3 is 4.74 Å². The summed E-state index contributed by atoms with van der Waals surface area (Å²) < 4.78 is 44.8. The maximum atomic E-state index is 13.2. The summed E-state index contributed by atoms with van der Waals surface area (Å²) >= 11 is 1.13. The van der Waals surface area contributed by atoms with Crippen LogP contribution in [-0.4, -0.2) is 33.2 Å². The highest BCUT2D eigenvalue weighted by Crippen LogP contribution is 2.70. The summed E-state index contributed by atoms with van der Waals surface area (Å²) in [6, 6.07) is 2.23. The molecular formula is C22H16F3N5O2S. The highest BCUT2D eigenvalue weighted by atomic mass is 32.1. The number of hydrogen-bond donors (Lipinski definition) is 1. The molecule has 11 heteroatoms. The molecule has 7 nitrogen and oxygen atoms in total. The molecular weight excluding hydrogens is 455 g/mol. The lowest BCUT2D eigenvalue weighted by atomic mass is 10.0. The zero-order valence-electron chi connectivity index (χ0n) is 17.2. The third-order valence-electron chi connectivity index (χ3n) is 5.81. The van der Waals surface area contributed by atoms with E-state index in [0.29, 0.717) is 16.3 Å². The highest BCUT2D eigenvalue weighted by molar-refractivity contribution is 7.15. The minimum Gasteiger partial charge on any atom is -0.494 e. The minimum absolute atomic E-state index is 0.0420. The fourth-order valence-corrected chi connectivity index (χ4v) is 4.28. The molecule has 0 bridgehead atoms. The van der Waals surface area contributed by atoms with Crippen molar-refractivity contribution < 1.29 is 22.7 Å². The number of anilines is 1. The van der Waals surface area contributed by atoms with Gasteiger partial charge in [-0.2, -0.15) is 13.2 Å². The van der Waals surface area contributed by atoms with Crippen LogP contribution in [0.1, 0.15) is 40.3 Å². The number of carbonyl (C=O) groups excluding carboxylic acids is 1. The largest absolute Gasteiger partial charge is 0.494 e. The molecule has 2 fully saturated rings. The first-order chi connectivity index (χ1) is 15.8. The van der Waals surface area contributed by atoms with Crippen molar-refractivity contribution in [1.29, 1.82) is 0 Å². The van der Waals surface area contributed by atoms with E-state index in [1.807, 2.05) is 0 Å². The van der Waals surface area contributed by atoms with Crippen molar-refractivity contribution in [3.8, 4) is 28.7 Å².